The van der Waals surface area contributed by atoms with Gasteiger partial charge in [-0.25, -0.2) is 4.68 Å². The van der Waals surface area contributed by atoms with E-state index in [1.165, 1.54) is 10.7 Å². The predicted octanol–water partition coefficient (Wildman–Crippen LogP) is 2.90. The van der Waals surface area contributed by atoms with Crippen LogP contribution in [0.1, 0.15) is 12.5 Å². The molecule has 1 unspecified atom stereocenters. The molecule has 1 aliphatic heterocycles. The van der Waals surface area contributed by atoms with E-state index in [2.05, 4.69) is 5.10 Å². The van der Waals surface area contributed by atoms with Crippen LogP contribution in [0.3, 0.4) is 0 Å². The summed E-state index contributed by atoms with van der Waals surface area (Å²) in [4.78, 5) is 27.0. The van der Waals surface area contributed by atoms with Crippen molar-refractivity contribution in [2.45, 2.75) is 25.9 Å². The molecule has 0 N–H and O–H groups in total. The third-order valence-corrected chi connectivity index (χ3v) is 5.01. The monoisotopic (exact) mass is 375 g/mol. The molecule has 0 saturated carbocycles. The molecule has 142 valence electrons. The van der Waals surface area contributed by atoms with Crippen molar-refractivity contribution in [3.8, 4) is 17.0 Å². The first-order valence-electron chi connectivity index (χ1n) is 9.19. The number of rotatable bonds is 4. The summed E-state index contributed by atoms with van der Waals surface area (Å²) in [6, 6.07) is 18.5. The zero-order chi connectivity index (χ0) is 19.7. The Labute approximate surface area is 163 Å². The highest BCUT2D eigenvalue weighted by Crippen LogP contribution is 2.31. The first-order chi connectivity index (χ1) is 13.6. The lowest BCUT2D eigenvalue weighted by Gasteiger charge is -2.23. The van der Waals surface area contributed by atoms with E-state index >= 15 is 0 Å². The molecule has 4 rings (SSSR count). The molecule has 2 heterocycles. The molecule has 6 heteroatoms. The van der Waals surface area contributed by atoms with E-state index in [4.69, 9.17) is 4.74 Å². The number of ether oxygens (including phenoxy) is 1. The summed E-state index contributed by atoms with van der Waals surface area (Å²) >= 11 is 0. The second-order valence-corrected chi connectivity index (χ2v) is 6.89. The highest BCUT2D eigenvalue weighted by atomic mass is 16.5. The Kier molecular flexibility index (Phi) is 4.69. The predicted molar refractivity (Wildman–Crippen MR) is 108 cm³/mol. The number of para-hydroxylation sites is 1. The molecule has 0 spiro atoms. The second-order valence-electron chi connectivity index (χ2n) is 6.89. The summed E-state index contributed by atoms with van der Waals surface area (Å²) in [5.41, 5.74) is 3.24. The highest BCUT2D eigenvalue weighted by Gasteiger charge is 2.30. The van der Waals surface area contributed by atoms with Gasteiger partial charge >= 0.3 is 0 Å². The molecule has 0 aliphatic carbocycles. The first kappa shape index (κ1) is 18.0. The van der Waals surface area contributed by atoms with Crippen molar-refractivity contribution in [1.29, 1.82) is 0 Å². The molecular weight excluding hydrogens is 354 g/mol. The SMILES string of the molecule is COc1ccc(-c2ccc(=O)n(CC(=O)N3c4ccccc4CC3C)n2)cc1. The highest BCUT2D eigenvalue weighted by molar-refractivity contribution is 5.96. The van der Waals surface area contributed by atoms with Gasteiger partial charge in [-0.15, -0.1) is 0 Å². The standard InChI is InChI=1S/C22H21N3O3/c1-15-13-17-5-3-4-6-20(17)25(15)22(27)14-24-21(26)12-11-19(23-24)16-7-9-18(28-2)10-8-16/h3-12,15H,13-14H2,1-2H3. The normalized spacial score (nSPS) is 15.4. The molecule has 0 bridgehead atoms. The molecule has 28 heavy (non-hydrogen) atoms. The maximum atomic E-state index is 13.0. The number of anilines is 1. The summed E-state index contributed by atoms with van der Waals surface area (Å²) in [5.74, 6) is 0.605. The lowest BCUT2D eigenvalue weighted by molar-refractivity contribution is -0.119. The van der Waals surface area contributed by atoms with Crippen LogP contribution in [0.5, 0.6) is 5.75 Å². The van der Waals surface area contributed by atoms with Crippen molar-refractivity contribution >= 4 is 11.6 Å². The van der Waals surface area contributed by atoms with Crippen LogP contribution in [-0.2, 0) is 17.8 Å². The molecule has 6 nitrogen and oxygen atoms in total. The fourth-order valence-electron chi connectivity index (χ4n) is 3.63. The molecule has 1 aromatic heterocycles. The summed E-state index contributed by atoms with van der Waals surface area (Å²) in [6.45, 7) is 1.92. The average molecular weight is 375 g/mol. The number of carbonyl (C=O) groups excluding carboxylic acids is 1. The van der Waals surface area contributed by atoms with Gasteiger partial charge in [-0.3, -0.25) is 9.59 Å². The third-order valence-electron chi connectivity index (χ3n) is 5.01. The lowest BCUT2D eigenvalue weighted by atomic mass is 10.1. The Morgan fingerprint density at radius 1 is 1.11 bits per heavy atom. The van der Waals surface area contributed by atoms with E-state index in [0.29, 0.717) is 5.69 Å². The molecule has 1 atom stereocenters. The van der Waals surface area contributed by atoms with Gasteiger partial charge in [0.2, 0.25) is 5.91 Å². The van der Waals surface area contributed by atoms with Crippen LogP contribution in [0.15, 0.2) is 65.5 Å². The van der Waals surface area contributed by atoms with E-state index in [-0.39, 0.29) is 24.1 Å². The number of amides is 1. The Hall–Kier alpha value is -3.41. The van der Waals surface area contributed by atoms with E-state index in [9.17, 15) is 9.59 Å². The van der Waals surface area contributed by atoms with Crippen LogP contribution < -0.4 is 15.2 Å². The fourth-order valence-corrected chi connectivity index (χ4v) is 3.63. The van der Waals surface area contributed by atoms with Gasteiger partial charge in [-0.1, -0.05) is 18.2 Å². The number of methoxy groups -OCH3 is 1. The van der Waals surface area contributed by atoms with Crippen molar-refractivity contribution < 1.29 is 9.53 Å². The Bertz CT molecular complexity index is 1070. The van der Waals surface area contributed by atoms with Gasteiger partial charge in [0.15, 0.2) is 0 Å². The molecule has 0 fully saturated rings. The van der Waals surface area contributed by atoms with E-state index in [1.54, 1.807) is 18.1 Å². The second kappa shape index (κ2) is 7.31. The largest absolute Gasteiger partial charge is 0.497 e. The smallest absolute Gasteiger partial charge is 0.267 e. The van der Waals surface area contributed by atoms with Crippen molar-refractivity contribution in [2.75, 3.05) is 12.0 Å². The Morgan fingerprint density at radius 3 is 2.61 bits per heavy atom. The van der Waals surface area contributed by atoms with Gasteiger partial charge in [-0.05, 0) is 55.3 Å². The zero-order valence-electron chi connectivity index (χ0n) is 15.8. The summed E-state index contributed by atoms with van der Waals surface area (Å²) in [6.07, 6.45) is 0.816. The molecule has 0 saturated heterocycles. The quantitative estimate of drug-likeness (QED) is 0.703. The Morgan fingerprint density at radius 2 is 1.86 bits per heavy atom. The van der Waals surface area contributed by atoms with Crippen molar-refractivity contribution in [3.05, 3.63) is 76.6 Å². The molecule has 1 aliphatic rings. The van der Waals surface area contributed by atoms with Gasteiger partial charge in [0, 0.05) is 23.4 Å². The van der Waals surface area contributed by atoms with Gasteiger partial charge < -0.3 is 9.64 Å². The van der Waals surface area contributed by atoms with Crippen molar-refractivity contribution in [2.24, 2.45) is 0 Å². The molecule has 1 amide bonds. The van der Waals surface area contributed by atoms with Crippen LogP contribution in [0, 0.1) is 0 Å². The van der Waals surface area contributed by atoms with E-state index in [0.717, 1.165) is 29.0 Å². The fraction of sp³-hybridized carbons (Fsp3) is 0.227. The van der Waals surface area contributed by atoms with Crippen LogP contribution in [0.2, 0.25) is 0 Å². The minimum absolute atomic E-state index is 0.0605. The van der Waals surface area contributed by atoms with E-state index < -0.39 is 0 Å². The first-order valence-corrected chi connectivity index (χ1v) is 9.19. The maximum Gasteiger partial charge on any atom is 0.267 e. The number of benzene rings is 2. The van der Waals surface area contributed by atoms with Crippen LogP contribution in [0.4, 0.5) is 5.69 Å². The lowest BCUT2D eigenvalue weighted by Crippen LogP contribution is -2.40. The number of hydrogen-bond donors (Lipinski definition) is 0. The zero-order valence-corrected chi connectivity index (χ0v) is 15.8. The summed E-state index contributed by atoms with van der Waals surface area (Å²) in [5, 5.41) is 4.41. The molecule has 2 aromatic carbocycles. The minimum atomic E-state index is -0.300. The van der Waals surface area contributed by atoms with Crippen molar-refractivity contribution in [3.63, 3.8) is 0 Å². The molecule has 3 aromatic rings. The van der Waals surface area contributed by atoms with E-state index in [1.807, 2.05) is 55.5 Å². The number of hydrogen-bond acceptors (Lipinski definition) is 4. The van der Waals surface area contributed by atoms with Gasteiger partial charge in [0.25, 0.3) is 5.56 Å². The summed E-state index contributed by atoms with van der Waals surface area (Å²) in [7, 11) is 1.61. The van der Waals surface area contributed by atoms with Crippen LogP contribution in [-0.4, -0.2) is 28.8 Å². The number of carbonyl (C=O) groups is 1. The van der Waals surface area contributed by atoms with Gasteiger partial charge in [0.1, 0.15) is 12.3 Å². The third kappa shape index (κ3) is 3.29. The molecule has 0 radical (unpaired) electrons. The summed E-state index contributed by atoms with van der Waals surface area (Å²) < 4.78 is 6.40. The van der Waals surface area contributed by atoms with Gasteiger partial charge in [-0.2, -0.15) is 5.10 Å². The maximum absolute atomic E-state index is 13.0. The minimum Gasteiger partial charge on any atom is -0.497 e. The topological polar surface area (TPSA) is 64.4 Å². The Balaban J connectivity index is 1.61. The van der Waals surface area contributed by atoms with Crippen LogP contribution >= 0.6 is 0 Å². The van der Waals surface area contributed by atoms with Gasteiger partial charge in [0.05, 0.1) is 12.8 Å². The number of aromatic nitrogens is 2. The number of fused-ring (bicyclic) bond motifs is 1. The average Bonchev–Trinajstić information content (AvgIpc) is 3.05. The molecular formula is C22H21N3O3. The van der Waals surface area contributed by atoms with Crippen molar-refractivity contribution in [1.82, 2.24) is 9.78 Å². The van der Waals surface area contributed by atoms with Crippen LogP contribution in [0.25, 0.3) is 11.3 Å². The number of nitrogens with zero attached hydrogens (tertiary/aromatic N) is 3.